The van der Waals surface area contributed by atoms with Gasteiger partial charge >= 0.3 is 0 Å². The van der Waals surface area contributed by atoms with E-state index in [-0.39, 0.29) is 11.1 Å². The van der Waals surface area contributed by atoms with E-state index in [4.69, 9.17) is 17.3 Å². The maximum absolute atomic E-state index is 5.88. The van der Waals surface area contributed by atoms with Gasteiger partial charge in [-0.3, -0.25) is 0 Å². The number of nitrogen functional groups attached to an aromatic ring is 1. The Kier molecular flexibility index (Phi) is 2.32. The molecule has 7 heteroatoms. The molecule has 0 amide bonds. The topological polar surface area (TPSA) is 69.6 Å². The molecule has 2 rings (SSSR count). The van der Waals surface area contributed by atoms with Gasteiger partial charge in [0.25, 0.3) is 0 Å². The molecule has 0 aliphatic rings. The van der Waals surface area contributed by atoms with E-state index in [1.165, 1.54) is 0 Å². The SMILES string of the molecule is Cn1c(CBr)nc2c(Cl)nc(N)nc21. The Bertz CT molecular complexity index is 494. The molecule has 74 valence electrons. The Balaban J connectivity index is 2.85. The number of aryl methyl sites for hydroxylation is 1. The predicted molar refractivity (Wildman–Crippen MR) is 58.4 cm³/mol. The van der Waals surface area contributed by atoms with Crippen LogP contribution < -0.4 is 5.73 Å². The lowest BCUT2D eigenvalue weighted by Crippen LogP contribution is -1.99. The average molecular weight is 277 g/mol. The average Bonchev–Trinajstić information content (AvgIpc) is 2.44. The van der Waals surface area contributed by atoms with Crippen molar-refractivity contribution in [2.45, 2.75) is 5.33 Å². The van der Waals surface area contributed by atoms with E-state index < -0.39 is 0 Å². The summed E-state index contributed by atoms with van der Waals surface area (Å²) in [5.41, 5.74) is 6.72. The van der Waals surface area contributed by atoms with Gasteiger partial charge in [-0.2, -0.15) is 9.97 Å². The fourth-order valence-corrected chi connectivity index (χ4v) is 1.92. The van der Waals surface area contributed by atoms with E-state index >= 15 is 0 Å². The van der Waals surface area contributed by atoms with Gasteiger partial charge in [0.05, 0.1) is 5.33 Å². The maximum atomic E-state index is 5.88. The lowest BCUT2D eigenvalue weighted by atomic mass is 10.5. The summed E-state index contributed by atoms with van der Waals surface area (Å²) in [6, 6.07) is 0. The van der Waals surface area contributed by atoms with Crippen molar-refractivity contribution in [2.75, 3.05) is 5.73 Å². The summed E-state index contributed by atoms with van der Waals surface area (Å²) in [5.74, 6) is 0.994. The van der Waals surface area contributed by atoms with Crippen LogP contribution in [0.25, 0.3) is 11.2 Å². The number of nitrogens with two attached hydrogens (primary N) is 1. The number of rotatable bonds is 1. The van der Waals surface area contributed by atoms with E-state index in [0.717, 1.165) is 5.82 Å². The minimum absolute atomic E-state index is 0.159. The quantitative estimate of drug-likeness (QED) is 0.633. The first-order valence-corrected chi connectivity index (χ1v) is 5.33. The van der Waals surface area contributed by atoms with Crippen LogP contribution in [-0.2, 0) is 12.4 Å². The van der Waals surface area contributed by atoms with Crippen LogP contribution in [0.1, 0.15) is 5.82 Å². The van der Waals surface area contributed by atoms with Crippen molar-refractivity contribution in [3.63, 3.8) is 0 Å². The second-order valence-electron chi connectivity index (χ2n) is 2.77. The minimum atomic E-state index is 0.159. The summed E-state index contributed by atoms with van der Waals surface area (Å²) < 4.78 is 1.83. The van der Waals surface area contributed by atoms with Crippen LogP contribution in [0.2, 0.25) is 5.15 Å². The molecule has 0 aliphatic carbocycles. The van der Waals surface area contributed by atoms with Gasteiger partial charge in [-0.1, -0.05) is 27.5 Å². The highest BCUT2D eigenvalue weighted by Crippen LogP contribution is 2.21. The number of fused-ring (bicyclic) bond motifs is 1. The van der Waals surface area contributed by atoms with Crippen LogP contribution in [0.4, 0.5) is 5.95 Å². The first-order chi connectivity index (χ1) is 6.63. The van der Waals surface area contributed by atoms with Crippen molar-refractivity contribution < 1.29 is 0 Å². The molecule has 0 aromatic carbocycles. The molecule has 0 bridgehead atoms. The van der Waals surface area contributed by atoms with Crippen molar-refractivity contribution >= 4 is 44.6 Å². The summed E-state index contributed by atoms with van der Waals surface area (Å²) in [5, 5.41) is 0.922. The monoisotopic (exact) mass is 275 g/mol. The third-order valence-corrected chi connectivity index (χ3v) is 2.67. The normalized spacial score (nSPS) is 11.1. The standard InChI is InChI=1S/C7H7BrClN5/c1-14-3(2-8)11-4-5(9)12-7(10)13-6(4)14/h2H2,1H3,(H2,10,12,13). The van der Waals surface area contributed by atoms with Gasteiger partial charge in [0, 0.05) is 7.05 Å². The smallest absolute Gasteiger partial charge is 0.223 e. The van der Waals surface area contributed by atoms with Gasteiger partial charge in [-0.15, -0.1) is 0 Å². The van der Waals surface area contributed by atoms with E-state index in [1.807, 2.05) is 11.6 Å². The fraction of sp³-hybridized carbons (Fsp3) is 0.286. The number of anilines is 1. The van der Waals surface area contributed by atoms with Crippen molar-refractivity contribution in [2.24, 2.45) is 7.05 Å². The first-order valence-electron chi connectivity index (χ1n) is 3.83. The minimum Gasteiger partial charge on any atom is -0.368 e. The van der Waals surface area contributed by atoms with Crippen molar-refractivity contribution in [3.8, 4) is 0 Å². The lowest BCUT2D eigenvalue weighted by Gasteiger charge is -1.97. The Morgan fingerprint density at radius 1 is 1.43 bits per heavy atom. The molecule has 0 spiro atoms. The van der Waals surface area contributed by atoms with E-state index in [2.05, 4.69) is 30.9 Å². The van der Waals surface area contributed by atoms with Gasteiger partial charge in [0.15, 0.2) is 10.8 Å². The summed E-state index contributed by atoms with van der Waals surface area (Å²) in [7, 11) is 1.86. The summed E-state index contributed by atoms with van der Waals surface area (Å²) in [6.45, 7) is 0. The number of nitrogens with zero attached hydrogens (tertiary/aromatic N) is 4. The Hall–Kier alpha value is -0.880. The molecule has 0 atom stereocenters. The third kappa shape index (κ3) is 1.34. The number of alkyl halides is 1. The molecule has 14 heavy (non-hydrogen) atoms. The fourth-order valence-electron chi connectivity index (χ4n) is 1.21. The number of hydrogen-bond acceptors (Lipinski definition) is 4. The van der Waals surface area contributed by atoms with Crippen molar-refractivity contribution in [1.29, 1.82) is 0 Å². The van der Waals surface area contributed by atoms with Crippen LogP contribution in [0, 0.1) is 0 Å². The largest absolute Gasteiger partial charge is 0.368 e. The van der Waals surface area contributed by atoms with Crippen LogP contribution in [-0.4, -0.2) is 19.5 Å². The number of hydrogen-bond donors (Lipinski definition) is 1. The molecule has 0 aliphatic heterocycles. The Labute approximate surface area is 93.4 Å². The second kappa shape index (κ2) is 3.36. The maximum Gasteiger partial charge on any atom is 0.223 e. The molecule has 2 N–H and O–H groups in total. The highest BCUT2D eigenvalue weighted by Gasteiger charge is 2.12. The number of halogens is 2. The van der Waals surface area contributed by atoms with Crippen molar-refractivity contribution in [3.05, 3.63) is 11.0 Å². The summed E-state index contributed by atoms with van der Waals surface area (Å²) >= 11 is 9.21. The molecule has 2 aromatic heterocycles. The van der Waals surface area contributed by atoms with Gasteiger partial charge in [-0.05, 0) is 0 Å². The molecule has 0 saturated carbocycles. The third-order valence-electron chi connectivity index (χ3n) is 1.91. The first kappa shape index (κ1) is 9.67. The zero-order valence-corrected chi connectivity index (χ0v) is 9.67. The molecule has 5 nitrogen and oxygen atoms in total. The summed E-state index contributed by atoms with van der Waals surface area (Å²) in [4.78, 5) is 12.2. The van der Waals surface area contributed by atoms with Crippen LogP contribution in [0.5, 0.6) is 0 Å². The Morgan fingerprint density at radius 3 is 2.79 bits per heavy atom. The van der Waals surface area contributed by atoms with Gasteiger partial charge < -0.3 is 10.3 Å². The predicted octanol–water partition coefficient (Wildman–Crippen LogP) is 1.49. The molecular formula is C7H7BrClN5. The molecular weight excluding hydrogens is 269 g/mol. The zero-order chi connectivity index (χ0) is 10.3. The van der Waals surface area contributed by atoms with Gasteiger partial charge in [0.2, 0.25) is 5.95 Å². The Morgan fingerprint density at radius 2 is 2.14 bits per heavy atom. The summed E-state index contributed by atoms with van der Waals surface area (Å²) in [6.07, 6.45) is 0. The van der Waals surface area contributed by atoms with Crippen LogP contribution >= 0.6 is 27.5 Å². The van der Waals surface area contributed by atoms with Crippen LogP contribution in [0.15, 0.2) is 0 Å². The van der Waals surface area contributed by atoms with E-state index in [9.17, 15) is 0 Å². The highest BCUT2D eigenvalue weighted by atomic mass is 79.9. The van der Waals surface area contributed by atoms with E-state index in [0.29, 0.717) is 16.5 Å². The van der Waals surface area contributed by atoms with Gasteiger partial charge in [-0.25, -0.2) is 4.98 Å². The number of aromatic nitrogens is 4. The van der Waals surface area contributed by atoms with Crippen LogP contribution in [0.3, 0.4) is 0 Å². The molecule has 0 fully saturated rings. The molecule has 0 unspecified atom stereocenters. The van der Waals surface area contributed by atoms with Crippen molar-refractivity contribution in [1.82, 2.24) is 19.5 Å². The zero-order valence-electron chi connectivity index (χ0n) is 7.33. The lowest BCUT2D eigenvalue weighted by molar-refractivity contribution is 0.868. The molecule has 0 radical (unpaired) electrons. The van der Waals surface area contributed by atoms with E-state index in [1.54, 1.807) is 0 Å². The number of imidazole rings is 1. The second-order valence-corrected chi connectivity index (χ2v) is 3.68. The molecule has 2 aromatic rings. The molecule has 0 saturated heterocycles. The highest BCUT2D eigenvalue weighted by molar-refractivity contribution is 9.08. The molecule has 2 heterocycles. The van der Waals surface area contributed by atoms with Gasteiger partial charge in [0.1, 0.15) is 11.3 Å².